The van der Waals surface area contributed by atoms with Crippen LogP contribution in [0.3, 0.4) is 0 Å². The Morgan fingerprint density at radius 3 is 2.58 bits per heavy atom. The Labute approximate surface area is 223 Å². The average Bonchev–Trinajstić information content (AvgIpc) is 3.41. The Hall–Kier alpha value is -3.65. The minimum absolute atomic E-state index is 0.125. The highest BCUT2D eigenvalue weighted by Gasteiger charge is 2.49. The molecule has 38 heavy (non-hydrogen) atoms. The van der Waals surface area contributed by atoms with Crippen LogP contribution in [0.15, 0.2) is 48.5 Å². The van der Waals surface area contributed by atoms with E-state index in [2.05, 4.69) is 15.6 Å². The number of amides is 3. The van der Waals surface area contributed by atoms with E-state index in [1.807, 2.05) is 76.2 Å². The van der Waals surface area contributed by atoms with E-state index in [1.54, 1.807) is 4.90 Å². The molecule has 3 aromatic rings. The molecule has 200 valence electrons. The molecule has 5 rings (SSSR count). The monoisotopic (exact) mass is 516 g/mol. The van der Waals surface area contributed by atoms with Gasteiger partial charge < -0.3 is 25.3 Å². The molecule has 8 nitrogen and oxygen atoms in total. The Balaban J connectivity index is 1.40. The summed E-state index contributed by atoms with van der Waals surface area (Å²) >= 11 is 0. The van der Waals surface area contributed by atoms with Gasteiger partial charge in [-0.3, -0.25) is 14.4 Å². The molecule has 0 fully saturated rings. The van der Waals surface area contributed by atoms with Crippen LogP contribution in [0.25, 0.3) is 10.9 Å². The Kier molecular flexibility index (Phi) is 7.25. The number of carbonyl (C=O) groups excluding carboxylic acids is 3. The predicted molar refractivity (Wildman–Crippen MR) is 146 cm³/mol. The van der Waals surface area contributed by atoms with Crippen molar-refractivity contribution in [2.24, 2.45) is 5.92 Å². The van der Waals surface area contributed by atoms with Gasteiger partial charge in [0.1, 0.15) is 12.1 Å². The number of fused-ring (bicyclic) bond motifs is 7. The van der Waals surface area contributed by atoms with Gasteiger partial charge in [0.05, 0.1) is 12.1 Å². The van der Waals surface area contributed by atoms with Crippen LogP contribution < -0.4 is 10.6 Å². The highest BCUT2D eigenvalue weighted by Crippen LogP contribution is 2.46. The van der Waals surface area contributed by atoms with Crippen molar-refractivity contribution in [1.82, 2.24) is 20.5 Å². The fourth-order valence-corrected chi connectivity index (χ4v) is 5.63. The zero-order chi connectivity index (χ0) is 27.0. The molecule has 3 N–H and O–H groups in total. The van der Waals surface area contributed by atoms with Gasteiger partial charge in [-0.05, 0) is 49.4 Å². The highest BCUT2D eigenvalue weighted by atomic mass is 16.5. The first-order chi connectivity index (χ1) is 18.3. The van der Waals surface area contributed by atoms with E-state index in [0.717, 1.165) is 27.7 Å². The summed E-state index contributed by atoms with van der Waals surface area (Å²) in [6.07, 6.45) is 1.21. The third kappa shape index (κ3) is 4.69. The standard InChI is InChI=1S/C30H36N4O4/c1-17(2)25(29(36)31-14-9-15-38-18(3)4)33-28(35)24-16-22-19-10-7-8-13-23(19)32-26(22)27-20-11-5-6-12-21(20)30(37)34(24)27/h5-8,10-13,17-18,24-25,27,32H,9,14-16H2,1-4H3,(H,31,36)(H,33,35)/t24-,25-,27-/m0/s1. The molecule has 0 unspecified atom stereocenters. The summed E-state index contributed by atoms with van der Waals surface area (Å²) < 4.78 is 5.54. The van der Waals surface area contributed by atoms with E-state index in [0.29, 0.717) is 31.6 Å². The first kappa shape index (κ1) is 26.0. The summed E-state index contributed by atoms with van der Waals surface area (Å²) in [5, 5.41) is 6.98. The summed E-state index contributed by atoms with van der Waals surface area (Å²) in [7, 11) is 0. The van der Waals surface area contributed by atoms with Crippen LogP contribution in [0.5, 0.6) is 0 Å². The number of ether oxygens (including phenoxy) is 1. The molecule has 0 aliphatic carbocycles. The second kappa shape index (κ2) is 10.6. The molecule has 0 saturated carbocycles. The number of hydrogen-bond acceptors (Lipinski definition) is 4. The second-order valence-electron chi connectivity index (χ2n) is 10.8. The van der Waals surface area contributed by atoms with Crippen LogP contribution in [-0.2, 0) is 20.7 Å². The van der Waals surface area contributed by atoms with E-state index in [4.69, 9.17) is 4.74 Å². The first-order valence-electron chi connectivity index (χ1n) is 13.5. The fourth-order valence-electron chi connectivity index (χ4n) is 5.63. The number of carbonyl (C=O) groups is 3. The summed E-state index contributed by atoms with van der Waals surface area (Å²) in [6.45, 7) is 8.79. The summed E-state index contributed by atoms with van der Waals surface area (Å²) in [6, 6.07) is 13.7. The van der Waals surface area contributed by atoms with Gasteiger partial charge in [0, 0.05) is 41.7 Å². The molecule has 0 radical (unpaired) electrons. The SMILES string of the molecule is CC(C)OCCCNC(=O)[C@@H](NC(=O)[C@@H]1Cc2c([nH]c3ccccc23)[C@@H]2c3ccccc3C(=O)N21)C(C)C. The average molecular weight is 517 g/mol. The van der Waals surface area contributed by atoms with Crippen LogP contribution in [0, 0.1) is 5.92 Å². The number of aromatic nitrogens is 1. The minimum atomic E-state index is -0.736. The molecule has 8 heteroatoms. The van der Waals surface area contributed by atoms with Gasteiger partial charge in [0.15, 0.2) is 0 Å². The van der Waals surface area contributed by atoms with E-state index >= 15 is 0 Å². The lowest BCUT2D eigenvalue weighted by molar-refractivity contribution is -0.132. The van der Waals surface area contributed by atoms with Gasteiger partial charge >= 0.3 is 0 Å². The molecular weight excluding hydrogens is 480 g/mol. The van der Waals surface area contributed by atoms with E-state index in [1.165, 1.54) is 0 Å². The fraction of sp³-hybridized carbons (Fsp3) is 0.433. The zero-order valence-electron chi connectivity index (χ0n) is 22.4. The van der Waals surface area contributed by atoms with Gasteiger partial charge in [0.2, 0.25) is 11.8 Å². The van der Waals surface area contributed by atoms with Crippen molar-refractivity contribution >= 4 is 28.6 Å². The number of nitrogens with one attached hydrogen (secondary N) is 3. The maximum atomic E-state index is 13.9. The van der Waals surface area contributed by atoms with Crippen molar-refractivity contribution in [2.75, 3.05) is 13.2 Å². The molecule has 0 bridgehead atoms. The minimum Gasteiger partial charge on any atom is -0.379 e. The van der Waals surface area contributed by atoms with E-state index in [9.17, 15) is 14.4 Å². The van der Waals surface area contributed by atoms with Crippen molar-refractivity contribution in [3.63, 3.8) is 0 Å². The van der Waals surface area contributed by atoms with Gasteiger partial charge in [-0.2, -0.15) is 0 Å². The van der Waals surface area contributed by atoms with E-state index in [-0.39, 0.29) is 35.8 Å². The molecule has 0 spiro atoms. The summed E-state index contributed by atoms with van der Waals surface area (Å²) in [5.41, 5.74) is 4.49. The zero-order valence-corrected chi connectivity index (χ0v) is 22.4. The van der Waals surface area contributed by atoms with Gasteiger partial charge in [-0.1, -0.05) is 50.2 Å². The number of aromatic amines is 1. The maximum Gasteiger partial charge on any atom is 0.255 e. The van der Waals surface area contributed by atoms with Crippen LogP contribution in [0.2, 0.25) is 0 Å². The summed E-state index contributed by atoms with van der Waals surface area (Å²) in [4.78, 5) is 45.7. The van der Waals surface area contributed by atoms with E-state index < -0.39 is 12.1 Å². The molecule has 0 saturated heterocycles. The normalized spacial score (nSPS) is 18.9. The third-order valence-electron chi connectivity index (χ3n) is 7.47. The first-order valence-corrected chi connectivity index (χ1v) is 13.5. The third-order valence-corrected chi connectivity index (χ3v) is 7.47. The Morgan fingerprint density at radius 2 is 1.82 bits per heavy atom. The smallest absolute Gasteiger partial charge is 0.255 e. The quantitative estimate of drug-likeness (QED) is 0.377. The number of hydrogen-bond donors (Lipinski definition) is 3. The molecule has 2 aromatic carbocycles. The van der Waals surface area contributed by atoms with Gasteiger partial charge in [-0.15, -0.1) is 0 Å². The lowest BCUT2D eigenvalue weighted by Crippen LogP contribution is -2.57. The predicted octanol–water partition coefficient (Wildman–Crippen LogP) is 3.71. The molecule has 2 aliphatic heterocycles. The molecule has 3 amide bonds. The molecule has 3 atom stereocenters. The Bertz CT molecular complexity index is 1360. The number of nitrogens with zero attached hydrogens (tertiary/aromatic N) is 1. The number of para-hydroxylation sites is 1. The number of H-pyrrole nitrogens is 1. The van der Waals surface area contributed by atoms with Gasteiger partial charge in [-0.25, -0.2) is 0 Å². The van der Waals surface area contributed by atoms with Crippen molar-refractivity contribution in [2.45, 2.75) is 64.8 Å². The molecule has 3 heterocycles. The number of rotatable bonds is 9. The van der Waals surface area contributed by atoms with Gasteiger partial charge in [0.25, 0.3) is 5.91 Å². The lowest BCUT2D eigenvalue weighted by Gasteiger charge is -2.38. The van der Waals surface area contributed by atoms with Crippen molar-refractivity contribution < 1.29 is 19.1 Å². The van der Waals surface area contributed by atoms with Crippen LogP contribution in [0.4, 0.5) is 0 Å². The molecule has 2 aliphatic rings. The van der Waals surface area contributed by atoms with Crippen molar-refractivity contribution in [1.29, 1.82) is 0 Å². The van der Waals surface area contributed by atoms with Crippen molar-refractivity contribution in [3.05, 3.63) is 70.9 Å². The van der Waals surface area contributed by atoms with Crippen LogP contribution in [-0.4, -0.2) is 58.9 Å². The second-order valence-corrected chi connectivity index (χ2v) is 10.8. The molecular formula is C30H36N4O4. The van der Waals surface area contributed by atoms with Crippen molar-refractivity contribution in [3.8, 4) is 0 Å². The number of benzene rings is 2. The Morgan fingerprint density at radius 1 is 1.08 bits per heavy atom. The largest absolute Gasteiger partial charge is 0.379 e. The molecule has 1 aromatic heterocycles. The lowest BCUT2D eigenvalue weighted by atomic mass is 9.89. The maximum absolute atomic E-state index is 13.9. The summed E-state index contributed by atoms with van der Waals surface area (Å²) in [5.74, 6) is -0.829. The van der Waals surface area contributed by atoms with Crippen LogP contribution >= 0.6 is 0 Å². The highest BCUT2D eigenvalue weighted by molar-refractivity contribution is 6.04. The topological polar surface area (TPSA) is 104 Å². The van der Waals surface area contributed by atoms with Crippen LogP contribution in [0.1, 0.15) is 67.3 Å².